The van der Waals surface area contributed by atoms with Gasteiger partial charge in [0.15, 0.2) is 5.17 Å². The lowest BCUT2D eigenvalue weighted by atomic mass is 10.1. The summed E-state index contributed by atoms with van der Waals surface area (Å²) in [5.41, 5.74) is 1.94. The normalized spacial score (nSPS) is 13.1. The highest BCUT2D eigenvalue weighted by molar-refractivity contribution is 14.0. The van der Waals surface area contributed by atoms with E-state index in [1.807, 2.05) is 0 Å². The predicted molar refractivity (Wildman–Crippen MR) is 76.7 cm³/mol. The summed E-state index contributed by atoms with van der Waals surface area (Å²) in [7, 11) is 0. The second-order valence-corrected chi connectivity index (χ2v) is 4.24. The summed E-state index contributed by atoms with van der Waals surface area (Å²) >= 11 is 0.912. The Labute approximate surface area is 131 Å². The summed E-state index contributed by atoms with van der Waals surface area (Å²) in [5, 5.41) is -0.132. The third kappa shape index (κ3) is 5.38. The molecule has 0 amide bonds. The molecule has 0 saturated heterocycles. The lowest BCUT2D eigenvalue weighted by Gasteiger charge is -2.12. The fourth-order valence-electron chi connectivity index (χ4n) is 1.18. The van der Waals surface area contributed by atoms with Crippen molar-refractivity contribution >= 4 is 46.6 Å². The van der Waals surface area contributed by atoms with Gasteiger partial charge in [-0.05, 0) is 24.5 Å². The highest BCUT2D eigenvalue weighted by atomic mass is 127. The molecule has 0 fully saturated rings. The van der Waals surface area contributed by atoms with Crippen LogP contribution in [-0.4, -0.2) is 11.4 Å². The Morgan fingerprint density at radius 1 is 1.00 bits per heavy atom. The number of rotatable bonds is 1. The molecule has 20 heavy (non-hydrogen) atoms. The molecule has 1 aromatic carbocycles. The Balaban J connectivity index is 0.00000361. The number of hydrogen-bond donors (Lipinski definition) is 1. The molecule has 0 spiro atoms. The minimum atomic E-state index is -4.89. The molecule has 2 N–H and O–H groups in total. The van der Waals surface area contributed by atoms with Gasteiger partial charge in [-0.1, -0.05) is 11.8 Å². The molecule has 0 heterocycles. The molecule has 0 unspecified atom stereocenters. The molecule has 0 saturated carbocycles. The lowest BCUT2D eigenvalue weighted by Crippen LogP contribution is -2.11. The first-order chi connectivity index (χ1) is 8.54. The summed E-state index contributed by atoms with van der Waals surface area (Å²) in [4.78, 5) is 3.48. The number of halogens is 7. The second-order valence-electron chi connectivity index (χ2n) is 3.42. The quantitative estimate of drug-likeness (QED) is 0.305. The van der Waals surface area contributed by atoms with Crippen molar-refractivity contribution in [3.05, 3.63) is 29.3 Å². The first-order valence-corrected chi connectivity index (χ1v) is 5.94. The van der Waals surface area contributed by atoms with E-state index in [2.05, 4.69) is 4.99 Å². The van der Waals surface area contributed by atoms with Gasteiger partial charge >= 0.3 is 12.4 Å². The van der Waals surface area contributed by atoms with E-state index in [0.717, 1.165) is 11.8 Å². The van der Waals surface area contributed by atoms with E-state index in [1.54, 1.807) is 0 Å². The van der Waals surface area contributed by atoms with Gasteiger partial charge in [-0.2, -0.15) is 26.3 Å². The first-order valence-electron chi connectivity index (χ1n) is 4.71. The molecule has 1 aromatic rings. The number of thioether (sulfide) groups is 1. The number of hydrogen-bond acceptors (Lipinski definition) is 2. The van der Waals surface area contributed by atoms with E-state index in [1.165, 1.54) is 6.26 Å². The van der Waals surface area contributed by atoms with Crippen LogP contribution >= 0.6 is 35.7 Å². The third-order valence-corrected chi connectivity index (χ3v) is 2.53. The van der Waals surface area contributed by atoms with Gasteiger partial charge < -0.3 is 5.73 Å². The van der Waals surface area contributed by atoms with Gasteiger partial charge in [0, 0.05) is 0 Å². The highest BCUT2D eigenvalue weighted by Crippen LogP contribution is 2.38. The van der Waals surface area contributed by atoms with E-state index in [9.17, 15) is 26.3 Å². The van der Waals surface area contributed by atoms with Gasteiger partial charge in [-0.25, -0.2) is 4.99 Å². The number of benzene rings is 1. The van der Waals surface area contributed by atoms with Crippen LogP contribution in [0.5, 0.6) is 0 Å². The van der Waals surface area contributed by atoms with Crippen LogP contribution in [-0.2, 0) is 12.4 Å². The molecule has 114 valence electrons. The van der Waals surface area contributed by atoms with Crippen molar-refractivity contribution in [2.24, 2.45) is 10.7 Å². The molecular formula is C10H9F6IN2S. The Morgan fingerprint density at radius 3 is 1.70 bits per heavy atom. The lowest BCUT2D eigenvalue weighted by molar-refractivity contribution is -0.143. The molecule has 10 heteroatoms. The predicted octanol–water partition coefficient (Wildman–Crippen LogP) is 4.65. The summed E-state index contributed by atoms with van der Waals surface area (Å²) in [6.07, 6.45) is -8.28. The topological polar surface area (TPSA) is 38.4 Å². The second kappa shape index (κ2) is 6.87. The number of nitrogens with zero attached hydrogens (tertiary/aromatic N) is 1. The van der Waals surface area contributed by atoms with Crippen LogP contribution < -0.4 is 5.73 Å². The average molecular weight is 430 g/mol. The molecule has 0 aromatic heterocycles. The van der Waals surface area contributed by atoms with E-state index < -0.39 is 29.2 Å². The van der Waals surface area contributed by atoms with E-state index in [0.29, 0.717) is 12.1 Å². The maximum atomic E-state index is 12.5. The zero-order chi connectivity index (χ0) is 14.8. The maximum absolute atomic E-state index is 12.5. The Kier molecular flexibility index (Phi) is 6.65. The number of aliphatic imine (C=N–C) groups is 1. The third-order valence-electron chi connectivity index (χ3n) is 2.02. The van der Waals surface area contributed by atoms with Crippen LogP contribution in [0.4, 0.5) is 32.0 Å². The molecule has 1 rings (SSSR count). The van der Waals surface area contributed by atoms with Gasteiger partial charge in [0.2, 0.25) is 0 Å². The van der Waals surface area contributed by atoms with Gasteiger partial charge in [-0.3, -0.25) is 0 Å². The van der Waals surface area contributed by atoms with Crippen LogP contribution in [0, 0.1) is 0 Å². The van der Waals surface area contributed by atoms with Gasteiger partial charge in [0.25, 0.3) is 0 Å². The molecule has 0 aliphatic carbocycles. The summed E-state index contributed by atoms with van der Waals surface area (Å²) in [5.74, 6) is 0. The number of amidine groups is 1. The van der Waals surface area contributed by atoms with E-state index >= 15 is 0 Å². The molecule has 2 nitrogen and oxygen atoms in total. The maximum Gasteiger partial charge on any atom is 0.416 e. The minimum Gasteiger partial charge on any atom is -0.378 e. The van der Waals surface area contributed by atoms with Crippen LogP contribution in [0.3, 0.4) is 0 Å². The highest BCUT2D eigenvalue weighted by Gasteiger charge is 2.36. The molecule has 0 radical (unpaired) electrons. The molecular weight excluding hydrogens is 421 g/mol. The van der Waals surface area contributed by atoms with Crippen molar-refractivity contribution in [3.63, 3.8) is 0 Å². The van der Waals surface area contributed by atoms with Crippen LogP contribution in [0.2, 0.25) is 0 Å². The van der Waals surface area contributed by atoms with Crippen molar-refractivity contribution in [2.75, 3.05) is 6.26 Å². The van der Waals surface area contributed by atoms with Gasteiger partial charge in [0.05, 0.1) is 16.8 Å². The van der Waals surface area contributed by atoms with Crippen molar-refractivity contribution < 1.29 is 26.3 Å². The Hall–Kier alpha value is -0.650. The Bertz CT molecular complexity index is 465. The fraction of sp³-hybridized carbons (Fsp3) is 0.300. The van der Waals surface area contributed by atoms with Crippen LogP contribution in [0.15, 0.2) is 23.2 Å². The smallest absolute Gasteiger partial charge is 0.378 e. The van der Waals surface area contributed by atoms with Crippen LogP contribution in [0.1, 0.15) is 11.1 Å². The summed E-state index contributed by atoms with van der Waals surface area (Å²) < 4.78 is 75.0. The summed E-state index contributed by atoms with van der Waals surface area (Å²) in [6, 6.07) is 1.06. The largest absolute Gasteiger partial charge is 0.416 e. The van der Waals surface area contributed by atoms with Gasteiger partial charge in [0.1, 0.15) is 0 Å². The zero-order valence-electron chi connectivity index (χ0n) is 9.84. The SMILES string of the molecule is CSC(N)=Nc1cc(C(F)(F)F)cc(C(F)(F)F)c1.I. The van der Waals surface area contributed by atoms with Crippen LogP contribution in [0.25, 0.3) is 0 Å². The van der Waals surface area contributed by atoms with Crippen molar-refractivity contribution in [1.29, 1.82) is 0 Å². The average Bonchev–Trinajstić information content (AvgIpc) is 2.26. The van der Waals surface area contributed by atoms with Crippen molar-refractivity contribution in [3.8, 4) is 0 Å². The Morgan fingerprint density at radius 2 is 1.40 bits per heavy atom. The van der Waals surface area contributed by atoms with Gasteiger partial charge in [-0.15, -0.1) is 24.0 Å². The molecule has 0 atom stereocenters. The van der Waals surface area contributed by atoms with Crippen molar-refractivity contribution in [2.45, 2.75) is 12.4 Å². The zero-order valence-corrected chi connectivity index (χ0v) is 13.0. The molecule has 0 aliphatic heterocycles. The first kappa shape index (κ1) is 19.4. The number of nitrogens with two attached hydrogens (primary N) is 1. The fourth-order valence-corrected chi connectivity index (χ4v) is 1.37. The van der Waals surface area contributed by atoms with E-state index in [-0.39, 0.29) is 35.2 Å². The van der Waals surface area contributed by atoms with Crippen molar-refractivity contribution in [1.82, 2.24) is 0 Å². The number of alkyl halides is 6. The monoisotopic (exact) mass is 430 g/mol. The van der Waals surface area contributed by atoms with E-state index in [4.69, 9.17) is 5.73 Å². The standard InChI is InChI=1S/C10H8F6N2S.HI/c1-19-8(17)18-7-3-5(9(11,12)13)2-6(4-7)10(14,15)16;/h2-4H,1H3,(H2,17,18);1H. The summed E-state index contributed by atoms with van der Waals surface area (Å²) in [6.45, 7) is 0. The molecule has 0 bridgehead atoms. The minimum absolute atomic E-state index is 0. The molecule has 0 aliphatic rings.